The van der Waals surface area contributed by atoms with Crippen LogP contribution < -0.4 is 5.32 Å². The van der Waals surface area contributed by atoms with E-state index in [1.165, 1.54) is 0 Å². The zero-order chi connectivity index (χ0) is 11.1. The number of carbonyl (C=O) groups excluding carboxylic acids is 1. The van der Waals surface area contributed by atoms with Crippen molar-refractivity contribution in [2.24, 2.45) is 0 Å². The molecule has 1 amide bonds. The number of hydrogen-bond donors (Lipinski definition) is 2. The van der Waals surface area contributed by atoms with Crippen molar-refractivity contribution >= 4 is 5.91 Å². The molecule has 0 aliphatic rings. The fraction of sp³-hybridized carbons (Fsp3) is 0.273. The van der Waals surface area contributed by atoms with Crippen molar-refractivity contribution in [3.63, 3.8) is 0 Å². The second-order valence-corrected chi connectivity index (χ2v) is 3.10. The predicted molar refractivity (Wildman–Crippen MR) is 55.1 cm³/mol. The van der Waals surface area contributed by atoms with Gasteiger partial charge in [0.15, 0.2) is 0 Å². The Bertz CT molecular complexity index is 382. The fourth-order valence-corrected chi connectivity index (χ4v) is 1.17. The van der Waals surface area contributed by atoms with Crippen molar-refractivity contribution < 1.29 is 9.90 Å². The molecule has 78 valence electrons. The number of rotatable bonds is 4. The van der Waals surface area contributed by atoms with E-state index in [0.29, 0.717) is 13.0 Å². The van der Waals surface area contributed by atoms with Crippen LogP contribution in [0.2, 0.25) is 0 Å². The molecule has 0 saturated carbocycles. The Hall–Kier alpha value is -2.02. The molecular formula is C11H12N2O2. The smallest absolute Gasteiger partial charge is 0.224 e. The topological polar surface area (TPSA) is 73.1 Å². The van der Waals surface area contributed by atoms with E-state index >= 15 is 0 Å². The van der Waals surface area contributed by atoms with Gasteiger partial charge in [-0.25, -0.2) is 0 Å². The lowest BCUT2D eigenvalue weighted by molar-refractivity contribution is -0.120. The minimum absolute atomic E-state index is 0.143. The largest absolute Gasteiger partial charge is 0.508 e. The quantitative estimate of drug-likeness (QED) is 0.717. The summed E-state index contributed by atoms with van der Waals surface area (Å²) in [6.07, 6.45) is 0.533. The van der Waals surface area contributed by atoms with Gasteiger partial charge in [-0.05, 0) is 17.7 Å². The van der Waals surface area contributed by atoms with Gasteiger partial charge < -0.3 is 10.4 Å². The van der Waals surface area contributed by atoms with Gasteiger partial charge in [-0.1, -0.05) is 12.1 Å². The molecule has 0 aromatic heterocycles. The maximum atomic E-state index is 11.3. The molecule has 0 radical (unpaired) electrons. The van der Waals surface area contributed by atoms with Crippen molar-refractivity contribution in [1.29, 1.82) is 5.26 Å². The number of carbonyl (C=O) groups is 1. The average Bonchev–Trinajstić information content (AvgIpc) is 2.18. The number of nitrogens with one attached hydrogen (secondary N) is 1. The van der Waals surface area contributed by atoms with Gasteiger partial charge in [0.2, 0.25) is 5.91 Å². The number of nitriles is 1. The van der Waals surface area contributed by atoms with Gasteiger partial charge in [0, 0.05) is 6.54 Å². The molecule has 0 bridgehead atoms. The van der Waals surface area contributed by atoms with Crippen LogP contribution in [0.5, 0.6) is 5.75 Å². The van der Waals surface area contributed by atoms with Crippen LogP contribution in [0.3, 0.4) is 0 Å². The monoisotopic (exact) mass is 204 g/mol. The molecule has 15 heavy (non-hydrogen) atoms. The van der Waals surface area contributed by atoms with E-state index in [1.807, 2.05) is 6.07 Å². The Kier molecular flexibility index (Phi) is 4.17. The first kappa shape index (κ1) is 11.1. The number of phenols is 1. The summed E-state index contributed by atoms with van der Waals surface area (Å²) in [5, 5.41) is 20.0. The molecule has 0 spiro atoms. The van der Waals surface area contributed by atoms with E-state index in [2.05, 4.69) is 5.32 Å². The molecule has 4 nitrogen and oxygen atoms in total. The summed E-state index contributed by atoms with van der Waals surface area (Å²) in [5.41, 5.74) is 0.754. The molecule has 0 saturated heterocycles. The van der Waals surface area contributed by atoms with Gasteiger partial charge in [0.1, 0.15) is 5.75 Å². The maximum absolute atomic E-state index is 11.3. The molecule has 0 heterocycles. The second-order valence-electron chi connectivity index (χ2n) is 3.10. The highest BCUT2D eigenvalue weighted by molar-refractivity contribution is 5.78. The van der Waals surface area contributed by atoms with Crippen LogP contribution in [0.1, 0.15) is 12.0 Å². The SMILES string of the molecule is N#CCCNC(=O)Cc1cccc(O)c1. The van der Waals surface area contributed by atoms with Gasteiger partial charge in [0.05, 0.1) is 18.9 Å². The highest BCUT2D eigenvalue weighted by Crippen LogP contribution is 2.10. The average molecular weight is 204 g/mol. The normalized spacial score (nSPS) is 9.27. The first-order chi connectivity index (χ1) is 7.22. The van der Waals surface area contributed by atoms with Gasteiger partial charge >= 0.3 is 0 Å². The van der Waals surface area contributed by atoms with Gasteiger partial charge in [0.25, 0.3) is 0 Å². The maximum Gasteiger partial charge on any atom is 0.224 e. The van der Waals surface area contributed by atoms with Gasteiger partial charge in [-0.2, -0.15) is 5.26 Å². The van der Waals surface area contributed by atoms with E-state index in [1.54, 1.807) is 24.3 Å². The van der Waals surface area contributed by atoms with Crippen molar-refractivity contribution in [2.75, 3.05) is 6.54 Å². The Morgan fingerprint density at radius 2 is 2.33 bits per heavy atom. The van der Waals surface area contributed by atoms with Crippen LogP contribution >= 0.6 is 0 Å². The Balaban J connectivity index is 2.42. The molecule has 0 aliphatic carbocycles. The van der Waals surface area contributed by atoms with Crippen LogP contribution in [0.25, 0.3) is 0 Å². The summed E-state index contributed by atoms with van der Waals surface area (Å²) in [7, 11) is 0. The summed E-state index contributed by atoms with van der Waals surface area (Å²) < 4.78 is 0. The lowest BCUT2D eigenvalue weighted by atomic mass is 10.1. The summed E-state index contributed by atoms with van der Waals surface area (Å²) in [4.78, 5) is 11.3. The van der Waals surface area contributed by atoms with Crippen LogP contribution in [0.15, 0.2) is 24.3 Å². The standard InChI is InChI=1S/C11H12N2O2/c12-5-2-6-13-11(15)8-9-3-1-4-10(14)7-9/h1,3-4,7,14H,2,6,8H2,(H,13,15). The van der Waals surface area contributed by atoms with E-state index in [4.69, 9.17) is 10.4 Å². The first-order valence-electron chi connectivity index (χ1n) is 4.64. The van der Waals surface area contributed by atoms with Crippen LogP contribution in [-0.4, -0.2) is 17.6 Å². The third-order valence-electron chi connectivity index (χ3n) is 1.83. The summed E-state index contributed by atoms with van der Waals surface area (Å²) in [6, 6.07) is 8.49. The third kappa shape index (κ3) is 4.14. The number of aromatic hydroxyl groups is 1. The van der Waals surface area contributed by atoms with Gasteiger partial charge in [-0.15, -0.1) is 0 Å². The third-order valence-corrected chi connectivity index (χ3v) is 1.83. The molecule has 0 unspecified atom stereocenters. The summed E-state index contributed by atoms with van der Waals surface area (Å²) in [6.45, 7) is 0.369. The first-order valence-corrected chi connectivity index (χ1v) is 4.64. The van der Waals surface area contributed by atoms with Crippen molar-refractivity contribution in [3.8, 4) is 11.8 Å². The molecular weight excluding hydrogens is 192 g/mol. The van der Waals surface area contributed by atoms with Crippen LogP contribution in [0.4, 0.5) is 0 Å². The summed E-state index contributed by atoms with van der Waals surface area (Å²) in [5.74, 6) is 0.00757. The summed E-state index contributed by atoms with van der Waals surface area (Å²) >= 11 is 0. The zero-order valence-corrected chi connectivity index (χ0v) is 8.23. The molecule has 4 heteroatoms. The van der Waals surface area contributed by atoms with Crippen molar-refractivity contribution in [2.45, 2.75) is 12.8 Å². The highest BCUT2D eigenvalue weighted by atomic mass is 16.3. The number of amides is 1. The lowest BCUT2D eigenvalue weighted by Crippen LogP contribution is -2.25. The zero-order valence-electron chi connectivity index (χ0n) is 8.23. The van der Waals surface area contributed by atoms with Crippen molar-refractivity contribution in [1.82, 2.24) is 5.32 Å². The van der Waals surface area contributed by atoms with E-state index in [-0.39, 0.29) is 18.1 Å². The number of hydrogen-bond acceptors (Lipinski definition) is 3. The van der Waals surface area contributed by atoms with E-state index in [9.17, 15) is 4.79 Å². The van der Waals surface area contributed by atoms with Crippen molar-refractivity contribution in [3.05, 3.63) is 29.8 Å². The predicted octanol–water partition coefficient (Wildman–Crippen LogP) is 0.965. The van der Waals surface area contributed by atoms with Gasteiger partial charge in [-0.3, -0.25) is 4.79 Å². The fourth-order valence-electron chi connectivity index (χ4n) is 1.17. The number of phenolic OH excluding ortho intramolecular Hbond substituents is 1. The molecule has 2 N–H and O–H groups in total. The van der Waals surface area contributed by atoms with E-state index < -0.39 is 0 Å². The minimum atomic E-state index is -0.143. The minimum Gasteiger partial charge on any atom is -0.508 e. The molecule has 0 aliphatic heterocycles. The number of nitrogens with zero attached hydrogens (tertiary/aromatic N) is 1. The second kappa shape index (κ2) is 5.66. The Morgan fingerprint density at radius 3 is 3.00 bits per heavy atom. The van der Waals surface area contributed by atoms with Crippen LogP contribution in [0, 0.1) is 11.3 Å². The van der Waals surface area contributed by atoms with Crippen LogP contribution in [-0.2, 0) is 11.2 Å². The Morgan fingerprint density at radius 1 is 1.53 bits per heavy atom. The molecule has 1 aromatic rings. The number of benzene rings is 1. The highest BCUT2D eigenvalue weighted by Gasteiger charge is 2.02. The lowest BCUT2D eigenvalue weighted by Gasteiger charge is -2.03. The molecule has 1 rings (SSSR count). The molecule has 0 atom stereocenters. The molecule has 1 aromatic carbocycles. The Labute approximate surface area is 88.2 Å². The molecule has 0 fully saturated rings. The van der Waals surface area contributed by atoms with E-state index in [0.717, 1.165) is 5.56 Å².